The highest BCUT2D eigenvalue weighted by Gasteiger charge is 2.06. The van der Waals surface area contributed by atoms with E-state index in [0.29, 0.717) is 23.7 Å². The van der Waals surface area contributed by atoms with Gasteiger partial charge in [0.2, 0.25) is 0 Å². The number of amides is 2. The van der Waals surface area contributed by atoms with Gasteiger partial charge in [0.05, 0.1) is 26.1 Å². The van der Waals surface area contributed by atoms with Crippen LogP contribution in [0.3, 0.4) is 0 Å². The zero-order valence-corrected chi connectivity index (χ0v) is 11.9. The minimum absolute atomic E-state index is 0.294. The fourth-order valence-electron chi connectivity index (χ4n) is 1.78. The maximum absolute atomic E-state index is 11.8. The van der Waals surface area contributed by atoms with Crippen molar-refractivity contribution in [2.24, 2.45) is 0 Å². The molecule has 1 aromatic carbocycles. The van der Waals surface area contributed by atoms with Gasteiger partial charge in [0, 0.05) is 12.7 Å². The molecule has 0 saturated heterocycles. The molecule has 2 aromatic rings. The van der Waals surface area contributed by atoms with Gasteiger partial charge in [-0.1, -0.05) is 6.07 Å². The molecule has 0 saturated carbocycles. The molecule has 0 aliphatic carbocycles. The summed E-state index contributed by atoms with van der Waals surface area (Å²) >= 11 is 0. The average molecular weight is 287 g/mol. The van der Waals surface area contributed by atoms with E-state index in [-0.39, 0.29) is 6.03 Å². The van der Waals surface area contributed by atoms with Gasteiger partial charge in [-0.25, -0.2) is 4.79 Å². The summed E-state index contributed by atoms with van der Waals surface area (Å²) in [6, 6.07) is 8.72. The van der Waals surface area contributed by atoms with Gasteiger partial charge in [0.15, 0.2) is 11.5 Å². The van der Waals surface area contributed by atoms with E-state index < -0.39 is 0 Å². The lowest BCUT2D eigenvalue weighted by molar-refractivity contribution is 0.251. The summed E-state index contributed by atoms with van der Waals surface area (Å²) in [5.74, 6) is 1.28. The van der Waals surface area contributed by atoms with Crippen LogP contribution in [0.25, 0.3) is 0 Å². The van der Waals surface area contributed by atoms with E-state index in [2.05, 4.69) is 15.6 Å². The standard InChI is InChI=1S/C15H17N3O3/c1-20-13-6-5-11(8-14(13)21-2)9-17-15(19)18-12-4-3-7-16-10-12/h3-8,10H,9H2,1-2H3,(H2,17,18,19). The number of nitrogens with zero attached hydrogens (tertiary/aromatic N) is 1. The van der Waals surface area contributed by atoms with Crippen LogP contribution in [-0.4, -0.2) is 25.2 Å². The Morgan fingerprint density at radius 1 is 1.19 bits per heavy atom. The van der Waals surface area contributed by atoms with Gasteiger partial charge in [-0.3, -0.25) is 4.98 Å². The fraction of sp³-hybridized carbons (Fsp3) is 0.200. The van der Waals surface area contributed by atoms with Crippen LogP contribution in [-0.2, 0) is 6.54 Å². The number of aromatic nitrogens is 1. The summed E-state index contributed by atoms with van der Waals surface area (Å²) in [5.41, 5.74) is 1.55. The number of anilines is 1. The molecule has 1 aromatic heterocycles. The molecule has 1 heterocycles. The average Bonchev–Trinajstić information content (AvgIpc) is 2.53. The zero-order valence-electron chi connectivity index (χ0n) is 11.9. The van der Waals surface area contributed by atoms with Gasteiger partial charge >= 0.3 is 6.03 Å². The van der Waals surface area contributed by atoms with E-state index in [9.17, 15) is 4.79 Å². The minimum Gasteiger partial charge on any atom is -0.493 e. The molecular weight excluding hydrogens is 270 g/mol. The number of urea groups is 1. The van der Waals surface area contributed by atoms with E-state index >= 15 is 0 Å². The van der Waals surface area contributed by atoms with Crippen molar-refractivity contribution in [2.75, 3.05) is 19.5 Å². The lowest BCUT2D eigenvalue weighted by atomic mass is 10.2. The van der Waals surface area contributed by atoms with E-state index in [1.54, 1.807) is 44.8 Å². The molecule has 0 fully saturated rings. The highest BCUT2D eigenvalue weighted by Crippen LogP contribution is 2.27. The first-order chi connectivity index (χ1) is 10.2. The molecule has 0 aliphatic rings. The second-order valence-electron chi connectivity index (χ2n) is 4.24. The van der Waals surface area contributed by atoms with Crippen LogP contribution in [0.15, 0.2) is 42.7 Å². The van der Waals surface area contributed by atoms with Crippen LogP contribution in [0, 0.1) is 0 Å². The van der Waals surface area contributed by atoms with Crippen LogP contribution in [0.4, 0.5) is 10.5 Å². The molecular formula is C15H17N3O3. The number of hydrogen-bond acceptors (Lipinski definition) is 4. The number of hydrogen-bond donors (Lipinski definition) is 2. The monoisotopic (exact) mass is 287 g/mol. The molecule has 6 nitrogen and oxygen atoms in total. The summed E-state index contributed by atoms with van der Waals surface area (Å²) < 4.78 is 10.4. The number of carbonyl (C=O) groups excluding carboxylic acids is 1. The molecule has 2 rings (SSSR count). The summed E-state index contributed by atoms with van der Waals surface area (Å²) in [4.78, 5) is 15.7. The van der Waals surface area contributed by atoms with Crippen molar-refractivity contribution in [1.82, 2.24) is 10.3 Å². The van der Waals surface area contributed by atoms with Gasteiger partial charge in [-0.2, -0.15) is 0 Å². The van der Waals surface area contributed by atoms with Crippen molar-refractivity contribution < 1.29 is 14.3 Å². The molecule has 2 N–H and O–H groups in total. The van der Waals surface area contributed by atoms with Crippen LogP contribution in [0.1, 0.15) is 5.56 Å². The lowest BCUT2D eigenvalue weighted by Crippen LogP contribution is -2.28. The molecule has 0 atom stereocenters. The van der Waals surface area contributed by atoms with E-state index in [1.807, 2.05) is 12.1 Å². The quantitative estimate of drug-likeness (QED) is 0.886. The number of benzene rings is 1. The van der Waals surface area contributed by atoms with Gasteiger partial charge in [-0.15, -0.1) is 0 Å². The molecule has 2 amide bonds. The number of carbonyl (C=O) groups is 1. The normalized spacial score (nSPS) is 9.81. The predicted molar refractivity (Wildman–Crippen MR) is 79.6 cm³/mol. The smallest absolute Gasteiger partial charge is 0.319 e. The highest BCUT2D eigenvalue weighted by atomic mass is 16.5. The van der Waals surface area contributed by atoms with Gasteiger partial charge < -0.3 is 20.1 Å². The van der Waals surface area contributed by atoms with Gasteiger partial charge in [0.1, 0.15) is 0 Å². The van der Waals surface area contributed by atoms with Crippen molar-refractivity contribution in [3.05, 3.63) is 48.3 Å². The van der Waals surface area contributed by atoms with Crippen LogP contribution in [0.2, 0.25) is 0 Å². The van der Waals surface area contributed by atoms with E-state index in [4.69, 9.17) is 9.47 Å². The molecule has 6 heteroatoms. The van der Waals surface area contributed by atoms with Gasteiger partial charge in [-0.05, 0) is 29.8 Å². The van der Waals surface area contributed by atoms with Crippen LogP contribution in [0.5, 0.6) is 11.5 Å². The number of methoxy groups -OCH3 is 2. The Morgan fingerprint density at radius 2 is 2.00 bits per heavy atom. The lowest BCUT2D eigenvalue weighted by Gasteiger charge is -2.11. The Balaban J connectivity index is 1.92. The zero-order chi connectivity index (χ0) is 15.1. The molecule has 0 bridgehead atoms. The SMILES string of the molecule is COc1ccc(CNC(=O)Nc2cccnc2)cc1OC. The molecule has 0 unspecified atom stereocenters. The minimum atomic E-state index is -0.294. The number of rotatable bonds is 5. The van der Waals surface area contributed by atoms with E-state index in [0.717, 1.165) is 5.56 Å². The van der Waals surface area contributed by atoms with Gasteiger partial charge in [0.25, 0.3) is 0 Å². The Labute approximate surface area is 123 Å². The summed E-state index contributed by atoms with van der Waals surface area (Å²) in [5, 5.41) is 5.46. The number of nitrogens with one attached hydrogen (secondary N) is 2. The molecule has 0 aliphatic heterocycles. The second kappa shape index (κ2) is 7.14. The van der Waals surface area contributed by atoms with Crippen molar-refractivity contribution in [3.8, 4) is 11.5 Å². The first kappa shape index (κ1) is 14.6. The summed E-state index contributed by atoms with van der Waals surface area (Å²) in [6.45, 7) is 0.381. The topological polar surface area (TPSA) is 72.5 Å². The van der Waals surface area contributed by atoms with Crippen LogP contribution < -0.4 is 20.1 Å². The number of pyridine rings is 1. The van der Waals surface area contributed by atoms with Crippen LogP contribution >= 0.6 is 0 Å². The van der Waals surface area contributed by atoms with Crippen molar-refractivity contribution in [3.63, 3.8) is 0 Å². The molecule has 110 valence electrons. The highest BCUT2D eigenvalue weighted by molar-refractivity contribution is 5.88. The third-order valence-electron chi connectivity index (χ3n) is 2.82. The largest absolute Gasteiger partial charge is 0.493 e. The fourth-order valence-corrected chi connectivity index (χ4v) is 1.78. The first-order valence-electron chi connectivity index (χ1n) is 6.38. The molecule has 0 spiro atoms. The molecule has 21 heavy (non-hydrogen) atoms. The summed E-state index contributed by atoms with van der Waals surface area (Å²) in [7, 11) is 3.15. The summed E-state index contributed by atoms with van der Waals surface area (Å²) in [6.07, 6.45) is 3.22. The third kappa shape index (κ3) is 4.10. The Morgan fingerprint density at radius 3 is 2.67 bits per heavy atom. The van der Waals surface area contributed by atoms with E-state index in [1.165, 1.54) is 0 Å². The third-order valence-corrected chi connectivity index (χ3v) is 2.82. The number of ether oxygens (including phenoxy) is 2. The maximum atomic E-state index is 11.8. The first-order valence-corrected chi connectivity index (χ1v) is 6.38. The Kier molecular flexibility index (Phi) is 4.98. The van der Waals surface area contributed by atoms with Crippen molar-refractivity contribution in [1.29, 1.82) is 0 Å². The Hall–Kier alpha value is -2.76. The maximum Gasteiger partial charge on any atom is 0.319 e. The molecule has 0 radical (unpaired) electrons. The second-order valence-corrected chi connectivity index (χ2v) is 4.24. The Bertz CT molecular complexity index is 602. The van der Waals surface area contributed by atoms with Crippen molar-refractivity contribution >= 4 is 11.7 Å². The van der Waals surface area contributed by atoms with Crippen molar-refractivity contribution in [2.45, 2.75) is 6.54 Å². The predicted octanol–water partition coefficient (Wildman–Crippen LogP) is 2.42.